The number of nitrogens with zero attached hydrogens (tertiary/aromatic N) is 3. The molecule has 152 valence electrons. The van der Waals surface area contributed by atoms with Gasteiger partial charge in [0.25, 0.3) is 0 Å². The van der Waals surface area contributed by atoms with Gasteiger partial charge in [-0.15, -0.1) is 0 Å². The van der Waals surface area contributed by atoms with E-state index < -0.39 is 0 Å². The predicted molar refractivity (Wildman–Crippen MR) is 113 cm³/mol. The Morgan fingerprint density at radius 2 is 1.66 bits per heavy atom. The van der Waals surface area contributed by atoms with Gasteiger partial charge in [0.05, 0.1) is 13.2 Å². The van der Waals surface area contributed by atoms with E-state index in [2.05, 4.69) is 52.3 Å². The summed E-state index contributed by atoms with van der Waals surface area (Å²) >= 11 is 0. The molecule has 2 aromatic rings. The summed E-state index contributed by atoms with van der Waals surface area (Å²) in [4.78, 5) is 19.7. The summed E-state index contributed by atoms with van der Waals surface area (Å²) in [7, 11) is 0. The number of hydrogen-bond donors (Lipinski definition) is 0. The molecule has 0 saturated carbocycles. The number of rotatable bonds is 4. The highest BCUT2D eigenvalue weighted by Gasteiger charge is 2.24. The lowest BCUT2D eigenvalue weighted by Gasteiger charge is -2.36. The van der Waals surface area contributed by atoms with E-state index in [1.54, 1.807) is 0 Å². The molecule has 1 saturated heterocycles. The van der Waals surface area contributed by atoms with E-state index in [1.165, 1.54) is 22.3 Å². The maximum Gasteiger partial charge on any atom is 0.237 e. The minimum Gasteiger partial charge on any atom is -0.493 e. The fraction of sp³-hybridized carbons (Fsp3) is 0.458. The molecule has 29 heavy (non-hydrogen) atoms. The molecule has 0 unspecified atom stereocenters. The number of amides is 1. The zero-order valence-corrected chi connectivity index (χ0v) is 17.0. The summed E-state index contributed by atoms with van der Waals surface area (Å²) in [6.07, 6.45) is 2.00. The number of ether oxygens (including phenoxy) is 1. The van der Waals surface area contributed by atoms with E-state index in [0.29, 0.717) is 6.54 Å². The van der Waals surface area contributed by atoms with Gasteiger partial charge in [0.15, 0.2) is 0 Å². The van der Waals surface area contributed by atoms with Crippen molar-refractivity contribution >= 4 is 5.91 Å². The Hall–Kier alpha value is -2.37. The minimum absolute atomic E-state index is 0.270. The first kappa shape index (κ1) is 18.6. The zero-order chi connectivity index (χ0) is 19.6. The van der Waals surface area contributed by atoms with Crippen molar-refractivity contribution in [3.05, 3.63) is 64.7 Å². The maximum absolute atomic E-state index is 12.8. The standard InChI is InChI=1S/C24H29N3O2/c28-24(27-9-7-20-3-1-2-4-22(20)17-27)18-26-12-10-25(11-13-26)16-19-5-6-23-21(15-19)8-14-29-23/h1-6,15H,7-14,16-18H2. The first-order valence-corrected chi connectivity index (χ1v) is 10.8. The SMILES string of the molecule is O=C(CN1CCN(Cc2ccc3c(c2)CCO3)CC1)N1CCc2ccccc2C1. The zero-order valence-electron chi connectivity index (χ0n) is 17.0. The lowest BCUT2D eigenvalue weighted by molar-refractivity contribution is -0.133. The highest BCUT2D eigenvalue weighted by Crippen LogP contribution is 2.26. The number of piperazine rings is 1. The number of benzene rings is 2. The summed E-state index contributed by atoms with van der Waals surface area (Å²) in [6, 6.07) is 15.1. The largest absolute Gasteiger partial charge is 0.493 e. The maximum atomic E-state index is 12.8. The monoisotopic (exact) mass is 391 g/mol. The predicted octanol–water partition coefficient (Wildman–Crippen LogP) is 2.32. The highest BCUT2D eigenvalue weighted by atomic mass is 16.5. The number of fused-ring (bicyclic) bond motifs is 2. The van der Waals surface area contributed by atoms with Crippen molar-refractivity contribution in [2.45, 2.75) is 25.9 Å². The van der Waals surface area contributed by atoms with Gasteiger partial charge < -0.3 is 9.64 Å². The average Bonchev–Trinajstić information content (AvgIpc) is 3.23. The molecule has 0 spiro atoms. The van der Waals surface area contributed by atoms with Crippen LogP contribution in [-0.4, -0.2) is 66.5 Å². The molecule has 3 aliphatic rings. The van der Waals surface area contributed by atoms with Crippen molar-refractivity contribution < 1.29 is 9.53 Å². The second-order valence-electron chi connectivity index (χ2n) is 8.43. The molecule has 3 heterocycles. The molecule has 5 heteroatoms. The fourth-order valence-electron chi connectivity index (χ4n) is 4.70. The quantitative estimate of drug-likeness (QED) is 0.802. The lowest BCUT2D eigenvalue weighted by Crippen LogP contribution is -2.50. The minimum atomic E-state index is 0.270. The van der Waals surface area contributed by atoms with E-state index in [1.807, 2.05) is 4.90 Å². The molecular weight excluding hydrogens is 362 g/mol. The van der Waals surface area contributed by atoms with E-state index in [-0.39, 0.29) is 5.91 Å². The number of hydrogen-bond acceptors (Lipinski definition) is 4. The Balaban J connectivity index is 1.10. The normalized spacial score (nSPS) is 19.5. The van der Waals surface area contributed by atoms with Crippen LogP contribution in [0.25, 0.3) is 0 Å². The number of carbonyl (C=O) groups excluding carboxylic acids is 1. The van der Waals surface area contributed by atoms with Crippen molar-refractivity contribution in [2.24, 2.45) is 0 Å². The summed E-state index contributed by atoms with van der Waals surface area (Å²) in [5, 5.41) is 0. The summed E-state index contributed by atoms with van der Waals surface area (Å²) in [6.45, 7) is 7.91. The summed E-state index contributed by atoms with van der Waals surface area (Å²) in [5.41, 5.74) is 5.40. The van der Waals surface area contributed by atoms with Gasteiger partial charge in [-0.3, -0.25) is 14.6 Å². The van der Waals surface area contributed by atoms with Crippen LogP contribution in [-0.2, 0) is 30.7 Å². The Morgan fingerprint density at radius 3 is 2.52 bits per heavy atom. The smallest absolute Gasteiger partial charge is 0.237 e. The van der Waals surface area contributed by atoms with Crippen molar-refractivity contribution in [1.29, 1.82) is 0 Å². The van der Waals surface area contributed by atoms with E-state index in [0.717, 1.165) is 71.0 Å². The fourth-order valence-corrected chi connectivity index (χ4v) is 4.70. The Bertz CT molecular complexity index is 889. The summed E-state index contributed by atoms with van der Waals surface area (Å²) in [5.74, 6) is 1.32. The number of carbonyl (C=O) groups is 1. The van der Waals surface area contributed by atoms with Crippen LogP contribution in [0.2, 0.25) is 0 Å². The molecule has 0 atom stereocenters. The van der Waals surface area contributed by atoms with Gasteiger partial charge in [-0.25, -0.2) is 0 Å². The highest BCUT2D eigenvalue weighted by molar-refractivity contribution is 5.78. The molecule has 5 nitrogen and oxygen atoms in total. The van der Waals surface area contributed by atoms with Crippen molar-refractivity contribution in [3.63, 3.8) is 0 Å². The van der Waals surface area contributed by atoms with Crippen LogP contribution in [0.15, 0.2) is 42.5 Å². The van der Waals surface area contributed by atoms with E-state index in [9.17, 15) is 4.79 Å². The van der Waals surface area contributed by atoms with Crippen LogP contribution >= 0.6 is 0 Å². The van der Waals surface area contributed by atoms with Gasteiger partial charge >= 0.3 is 0 Å². The third-order valence-corrected chi connectivity index (χ3v) is 6.47. The average molecular weight is 392 g/mol. The third-order valence-electron chi connectivity index (χ3n) is 6.47. The molecular formula is C24H29N3O2. The lowest BCUT2D eigenvalue weighted by atomic mass is 10.00. The van der Waals surface area contributed by atoms with Crippen LogP contribution < -0.4 is 4.74 Å². The molecule has 0 radical (unpaired) electrons. The molecule has 2 aromatic carbocycles. The van der Waals surface area contributed by atoms with Gasteiger partial charge in [0, 0.05) is 52.2 Å². The molecule has 0 aliphatic carbocycles. The van der Waals surface area contributed by atoms with E-state index >= 15 is 0 Å². The van der Waals surface area contributed by atoms with Gasteiger partial charge in [-0.2, -0.15) is 0 Å². The van der Waals surface area contributed by atoms with Gasteiger partial charge in [0.1, 0.15) is 5.75 Å². The second-order valence-corrected chi connectivity index (χ2v) is 8.43. The molecule has 0 bridgehead atoms. The third kappa shape index (κ3) is 4.16. The second kappa shape index (κ2) is 8.17. The van der Waals surface area contributed by atoms with Crippen molar-refractivity contribution in [2.75, 3.05) is 45.9 Å². The summed E-state index contributed by atoms with van der Waals surface area (Å²) < 4.78 is 5.61. The first-order chi connectivity index (χ1) is 14.2. The topological polar surface area (TPSA) is 36.0 Å². The van der Waals surface area contributed by atoms with Gasteiger partial charge in [0.2, 0.25) is 5.91 Å². The molecule has 0 aromatic heterocycles. The first-order valence-electron chi connectivity index (χ1n) is 10.8. The van der Waals surface area contributed by atoms with Crippen LogP contribution in [0.5, 0.6) is 5.75 Å². The van der Waals surface area contributed by atoms with Crippen LogP contribution in [0.1, 0.15) is 22.3 Å². The molecule has 3 aliphatic heterocycles. The van der Waals surface area contributed by atoms with Crippen LogP contribution in [0, 0.1) is 0 Å². The van der Waals surface area contributed by atoms with Crippen molar-refractivity contribution in [3.8, 4) is 5.75 Å². The Morgan fingerprint density at radius 1 is 0.862 bits per heavy atom. The van der Waals surface area contributed by atoms with Crippen LogP contribution in [0.3, 0.4) is 0 Å². The molecule has 5 rings (SSSR count). The van der Waals surface area contributed by atoms with E-state index in [4.69, 9.17) is 4.74 Å². The van der Waals surface area contributed by atoms with Gasteiger partial charge in [-0.05, 0) is 34.7 Å². The Kier molecular flexibility index (Phi) is 5.25. The van der Waals surface area contributed by atoms with Crippen LogP contribution in [0.4, 0.5) is 0 Å². The molecule has 1 fully saturated rings. The molecule has 0 N–H and O–H groups in total. The van der Waals surface area contributed by atoms with Gasteiger partial charge in [-0.1, -0.05) is 36.4 Å². The van der Waals surface area contributed by atoms with Crippen molar-refractivity contribution in [1.82, 2.24) is 14.7 Å². The molecule has 1 amide bonds. The Labute approximate surface area is 172 Å².